The lowest BCUT2D eigenvalue weighted by Gasteiger charge is -2.40. The predicted octanol–water partition coefficient (Wildman–Crippen LogP) is 4.63. The number of imidazole rings is 1. The molecular formula is C33H34ClF3N8O4. The number of carbonyl (C=O) groups excluding carboxylic acids is 3. The van der Waals surface area contributed by atoms with E-state index in [4.69, 9.17) is 11.6 Å². The Kier molecular flexibility index (Phi) is 9.49. The first-order valence-electron chi connectivity index (χ1n) is 15.8. The van der Waals surface area contributed by atoms with Crippen molar-refractivity contribution in [1.29, 1.82) is 0 Å². The molecule has 0 spiro atoms. The average Bonchev–Trinajstić information content (AvgIpc) is 3.68. The fourth-order valence-corrected chi connectivity index (χ4v) is 6.59. The smallest absolute Gasteiger partial charge is 0.380 e. The first-order chi connectivity index (χ1) is 23.3. The molecule has 2 fully saturated rings. The second kappa shape index (κ2) is 13.6. The van der Waals surface area contributed by atoms with Gasteiger partial charge in [0, 0.05) is 57.5 Å². The third-order valence-corrected chi connectivity index (χ3v) is 9.27. The molecule has 6 rings (SSSR count). The van der Waals surface area contributed by atoms with Crippen LogP contribution < -0.4 is 5.32 Å². The maximum Gasteiger partial charge on any atom is 0.435 e. The van der Waals surface area contributed by atoms with E-state index in [1.165, 1.54) is 48.4 Å². The summed E-state index contributed by atoms with van der Waals surface area (Å²) in [6.07, 6.45) is 4.26. The minimum absolute atomic E-state index is 0.0311. The molecular weight excluding hydrogens is 665 g/mol. The van der Waals surface area contributed by atoms with E-state index in [2.05, 4.69) is 20.4 Å². The molecule has 258 valence electrons. The van der Waals surface area contributed by atoms with E-state index < -0.39 is 23.4 Å². The molecule has 4 heterocycles. The number of halogens is 4. The van der Waals surface area contributed by atoms with Crippen molar-refractivity contribution in [1.82, 2.24) is 34.1 Å². The number of hydrogen-bond acceptors (Lipinski definition) is 7. The van der Waals surface area contributed by atoms with Gasteiger partial charge in [-0.15, -0.1) is 0 Å². The quantitative estimate of drug-likeness (QED) is 0.287. The van der Waals surface area contributed by atoms with E-state index in [9.17, 15) is 32.7 Å². The normalized spacial score (nSPS) is 16.4. The van der Waals surface area contributed by atoms with Crippen LogP contribution >= 0.6 is 11.6 Å². The molecule has 12 nitrogen and oxygen atoms in total. The van der Waals surface area contributed by atoms with Crippen molar-refractivity contribution in [2.24, 2.45) is 7.05 Å². The number of hydrogen-bond donors (Lipinski definition) is 2. The number of amides is 3. The topological polar surface area (TPSA) is 138 Å². The van der Waals surface area contributed by atoms with Crippen LogP contribution in [0.4, 0.5) is 18.9 Å². The number of alkyl halides is 3. The van der Waals surface area contributed by atoms with Crippen LogP contribution in [-0.2, 0) is 24.6 Å². The Hall–Kier alpha value is -4.76. The van der Waals surface area contributed by atoms with E-state index in [1.807, 2.05) is 0 Å². The minimum atomic E-state index is -4.76. The fourth-order valence-electron chi connectivity index (χ4n) is 6.33. The Bertz CT molecular complexity index is 1860. The van der Waals surface area contributed by atoms with Crippen molar-refractivity contribution < 1.29 is 32.7 Å². The first kappa shape index (κ1) is 34.1. The molecule has 1 saturated carbocycles. The zero-order valence-electron chi connectivity index (χ0n) is 26.6. The number of aromatic nitrogens is 5. The van der Waals surface area contributed by atoms with E-state index >= 15 is 0 Å². The molecule has 1 aromatic carbocycles. The summed E-state index contributed by atoms with van der Waals surface area (Å²) in [6.45, 7) is 1.19. The van der Waals surface area contributed by atoms with E-state index in [1.54, 1.807) is 28.1 Å². The summed E-state index contributed by atoms with van der Waals surface area (Å²) >= 11 is 6.47. The largest absolute Gasteiger partial charge is 0.435 e. The summed E-state index contributed by atoms with van der Waals surface area (Å²) in [5, 5.41) is 17.3. The van der Waals surface area contributed by atoms with Gasteiger partial charge in [-0.3, -0.25) is 24.0 Å². The molecule has 1 aliphatic heterocycles. The minimum Gasteiger partial charge on any atom is -0.380 e. The number of pyridine rings is 1. The molecule has 3 amide bonds. The Morgan fingerprint density at radius 1 is 1.02 bits per heavy atom. The summed E-state index contributed by atoms with van der Waals surface area (Å²) in [7, 11) is 1.42. The zero-order chi connectivity index (χ0) is 34.9. The monoisotopic (exact) mass is 698 g/mol. The summed E-state index contributed by atoms with van der Waals surface area (Å²) in [6, 6.07) is 7.76. The third kappa shape index (κ3) is 7.17. The maximum atomic E-state index is 14.0. The van der Waals surface area contributed by atoms with Gasteiger partial charge in [0.25, 0.3) is 17.7 Å². The van der Waals surface area contributed by atoms with Gasteiger partial charge in [0.05, 0.1) is 34.6 Å². The van der Waals surface area contributed by atoms with Crippen molar-refractivity contribution >= 4 is 35.0 Å². The summed E-state index contributed by atoms with van der Waals surface area (Å²) in [5.41, 5.74) is -1.56. The van der Waals surface area contributed by atoms with Gasteiger partial charge < -0.3 is 24.8 Å². The highest BCUT2D eigenvalue weighted by Gasteiger charge is 2.41. The van der Waals surface area contributed by atoms with Gasteiger partial charge in [-0.1, -0.05) is 36.9 Å². The van der Waals surface area contributed by atoms with Gasteiger partial charge in [-0.05, 0) is 42.7 Å². The van der Waals surface area contributed by atoms with E-state index in [-0.39, 0.29) is 64.8 Å². The number of carbonyl (C=O) groups is 3. The average molecular weight is 699 g/mol. The third-order valence-electron chi connectivity index (χ3n) is 8.96. The molecule has 3 aromatic heterocycles. The Morgan fingerprint density at radius 3 is 2.39 bits per heavy atom. The van der Waals surface area contributed by atoms with Crippen molar-refractivity contribution in [2.45, 2.75) is 50.4 Å². The Labute approximate surface area is 284 Å². The second-order valence-corrected chi connectivity index (χ2v) is 12.7. The predicted molar refractivity (Wildman–Crippen MR) is 173 cm³/mol. The van der Waals surface area contributed by atoms with Gasteiger partial charge in [0.2, 0.25) is 0 Å². The maximum absolute atomic E-state index is 14.0. The van der Waals surface area contributed by atoms with Crippen molar-refractivity contribution in [3.8, 4) is 11.3 Å². The molecule has 0 unspecified atom stereocenters. The van der Waals surface area contributed by atoms with Crippen LogP contribution in [0.2, 0.25) is 5.02 Å². The lowest BCUT2D eigenvalue weighted by molar-refractivity contribution is -0.156. The van der Waals surface area contributed by atoms with Crippen LogP contribution in [0.3, 0.4) is 0 Å². The number of nitrogens with zero attached hydrogens (tertiary/aromatic N) is 7. The molecule has 2 aliphatic rings. The Balaban J connectivity index is 1.12. The highest BCUT2D eigenvalue weighted by Crippen LogP contribution is 2.36. The van der Waals surface area contributed by atoms with Gasteiger partial charge >= 0.3 is 6.18 Å². The molecule has 2 N–H and O–H groups in total. The van der Waals surface area contributed by atoms with Crippen molar-refractivity contribution in [3.63, 3.8) is 0 Å². The zero-order valence-corrected chi connectivity index (χ0v) is 27.3. The summed E-state index contributed by atoms with van der Waals surface area (Å²) < 4.78 is 44.4. The molecule has 1 saturated heterocycles. The summed E-state index contributed by atoms with van der Waals surface area (Å²) in [4.78, 5) is 50.7. The number of piperazine rings is 1. The van der Waals surface area contributed by atoms with E-state index in [0.29, 0.717) is 31.5 Å². The van der Waals surface area contributed by atoms with Crippen LogP contribution in [0.25, 0.3) is 11.3 Å². The Morgan fingerprint density at radius 2 is 1.73 bits per heavy atom. The van der Waals surface area contributed by atoms with Crippen LogP contribution in [-0.4, -0.2) is 88.7 Å². The van der Waals surface area contributed by atoms with Gasteiger partial charge in [-0.2, -0.15) is 18.3 Å². The second-order valence-electron chi connectivity index (χ2n) is 12.3. The molecule has 16 heteroatoms. The SMILES string of the molecule is Cn1c(-c2cn(Cc3cccnc3)nc2C(F)(F)F)cnc1C(=O)Nc1ccc(C(=O)N2CCN(C(=O)C3(O)CCCCC3)CC2)c(Cl)c1. The van der Waals surface area contributed by atoms with Crippen LogP contribution in [0.5, 0.6) is 0 Å². The van der Waals surface area contributed by atoms with Gasteiger partial charge in [0.1, 0.15) is 5.60 Å². The van der Waals surface area contributed by atoms with Gasteiger partial charge in [-0.25, -0.2) is 4.98 Å². The lowest BCUT2D eigenvalue weighted by Crippen LogP contribution is -2.57. The highest BCUT2D eigenvalue weighted by atomic mass is 35.5. The number of rotatable bonds is 7. The van der Waals surface area contributed by atoms with E-state index in [0.717, 1.165) is 23.9 Å². The standard InChI is InChI=1S/C33H34ClF3N8O4/c1-42-26(24-20-45(41-27(24)33(35,36)37)19-21-6-5-11-38-17-21)18-39-28(42)29(46)40-22-7-8-23(25(34)16-22)30(47)43-12-14-44(15-13-43)31(48)32(49)9-3-2-4-10-32/h5-8,11,16-18,20,49H,2-4,9-10,12-15,19H2,1H3,(H,40,46). The summed E-state index contributed by atoms with van der Waals surface area (Å²) in [5.74, 6) is -1.50. The number of aliphatic hydroxyl groups is 1. The number of benzene rings is 1. The van der Waals surface area contributed by atoms with Crippen LogP contribution in [0, 0.1) is 0 Å². The van der Waals surface area contributed by atoms with Gasteiger partial charge in [0.15, 0.2) is 11.5 Å². The molecule has 0 radical (unpaired) electrons. The molecule has 1 aliphatic carbocycles. The lowest BCUT2D eigenvalue weighted by atomic mass is 9.83. The first-order valence-corrected chi connectivity index (χ1v) is 16.2. The molecule has 49 heavy (non-hydrogen) atoms. The van der Waals surface area contributed by atoms with Crippen molar-refractivity contribution in [3.05, 3.63) is 82.8 Å². The molecule has 0 bridgehead atoms. The van der Waals surface area contributed by atoms with Crippen LogP contribution in [0.1, 0.15) is 64.3 Å². The number of anilines is 1. The number of nitrogens with one attached hydrogen (secondary N) is 1. The molecule has 4 aromatic rings. The van der Waals surface area contributed by atoms with Crippen molar-refractivity contribution in [2.75, 3.05) is 31.5 Å². The van der Waals surface area contributed by atoms with Crippen LogP contribution in [0.15, 0.2) is 55.1 Å². The molecule has 0 atom stereocenters. The fraction of sp³-hybridized carbons (Fsp3) is 0.394. The highest BCUT2D eigenvalue weighted by molar-refractivity contribution is 6.34.